The second-order valence-electron chi connectivity index (χ2n) is 4.92. The van der Waals surface area contributed by atoms with Crippen LogP contribution in [0.1, 0.15) is 22.4 Å². The first kappa shape index (κ1) is 12.4. The number of amides is 1. The monoisotopic (exact) mass is 271 g/mol. The fourth-order valence-electron chi connectivity index (χ4n) is 2.52. The second-order valence-corrected chi connectivity index (χ2v) is 5.92. The summed E-state index contributed by atoms with van der Waals surface area (Å²) >= 11 is 1.81. The van der Waals surface area contributed by atoms with Gasteiger partial charge >= 0.3 is 0 Å². The first-order valence-corrected chi connectivity index (χ1v) is 7.58. The Bertz CT molecular complexity index is 561. The molecule has 0 N–H and O–H groups in total. The summed E-state index contributed by atoms with van der Waals surface area (Å²) in [5, 5.41) is 2.13. The average molecular weight is 271 g/mol. The molecule has 2 nitrogen and oxygen atoms in total. The summed E-state index contributed by atoms with van der Waals surface area (Å²) in [7, 11) is 0. The lowest BCUT2D eigenvalue weighted by Crippen LogP contribution is -2.35. The third-order valence-corrected chi connectivity index (χ3v) is 4.65. The topological polar surface area (TPSA) is 20.3 Å². The van der Waals surface area contributed by atoms with Crippen LogP contribution >= 0.6 is 11.3 Å². The fraction of sp³-hybridized carbons (Fsp3) is 0.312. The van der Waals surface area contributed by atoms with Crippen molar-refractivity contribution in [1.82, 2.24) is 4.90 Å². The number of hydrogen-bond acceptors (Lipinski definition) is 2. The second kappa shape index (κ2) is 5.57. The summed E-state index contributed by atoms with van der Waals surface area (Å²) in [4.78, 5) is 15.7. The van der Waals surface area contributed by atoms with Gasteiger partial charge < -0.3 is 4.90 Å². The Balaban J connectivity index is 1.57. The highest BCUT2D eigenvalue weighted by Crippen LogP contribution is 2.24. The lowest BCUT2D eigenvalue weighted by atomic mass is 10.1. The molecule has 1 aromatic carbocycles. The van der Waals surface area contributed by atoms with E-state index in [9.17, 15) is 4.79 Å². The summed E-state index contributed by atoms with van der Waals surface area (Å²) in [5.41, 5.74) is 2.58. The average Bonchev–Trinajstić information content (AvgIpc) is 2.93. The Morgan fingerprint density at radius 1 is 1.21 bits per heavy atom. The van der Waals surface area contributed by atoms with Gasteiger partial charge in [-0.05, 0) is 35.4 Å². The molecule has 0 radical (unpaired) electrons. The highest BCUT2D eigenvalue weighted by molar-refractivity contribution is 7.10. The molecule has 0 saturated heterocycles. The van der Waals surface area contributed by atoms with Crippen molar-refractivity contribution < 1.29 is 4.79 Å². The minimum atomic E-state index is 0.278. The number of nitrogens with zero attached hydrogens (tertiary/aromatic N) is 1. The number of carbonyl (C=O) groups excluding carboxylic acids is 1. The van der Waals surface area contributed by atoms with E-state index in [1.807, 2.05) is 34.4 Å². The van der Waals surface area contributed by atoms with Gasteiger partial charge in [-0.25, -0.2) is 0 Å². The molecule has 0 atom stereocenters. The van der Waals surface area contributed by atoms with Crippen molar-refractivity contribution in [1.29, 1.82) is 0 Å². The van der Waals surface area contributed by atoms with Crippen LogP contribution in [0.15, 0.2) is 41.8 Å². The van der Waals surface area contributed by atoms with Crippen molar-refractivity contribution in [3.05, 3.63) is 57.8 Å². The fourth-order valence-corrected chi connectivity index (χ4v) is 3.41. The Morgan fingerprint density at radius 3 is 2.89 bits per heavy atom. The number of aryl methyl sites for hydroxylation is 1. The Hall–Kier alpha value is -1.61. The minimum absolute atomic E-state index is 0.278. The van der Waals surface area contributed by atoms with Crippen molar-refractivity contribution in [3.8, 4) is 0 Å². The van der Waals surface area contributed by atoms with Crippen LogP contribution in [0.4, 0.5) is 0 Å². The number of thiophene rings is 1. The molecule has 2 heterocycles. The van der Waals surface area contributed by atoms with Crippen molar-refractivity contribution in [2.45, 2.75) is 25.8 Å². The summed E-state index contributed by atoms with van der Waals surface area (Å²) in [6, 6.07) is 12.4. The van der Waals surface area contributed by atoms with Gasteiger partial charge in [0, 0.05) is 24.4 Å². The molecule has 1 amide bonds. The lowest BCUT2D eigenvalue weighted by molar-refractivity contribution is -0.132. The van der Waals surface area contributed by atoms with Gasteiger partial charge in [0.1, 0.15) is 0 Å². The summed E-state index contributed by atoms with van der Waals surface area (Å²) < 4.78 is 0. The molecule has 3 heteroatoms. The molecule has 98 valence electrons. The zero-order valence-electron chi connectivity index (χ0n) is 10.8. The van der Waals surface area contributed by atoms with E-state index in [2.05, 4.69) is 23.6 Å². The maximum Gasteiger partial charge on any atom is 0.223 e. The standard InChI is InChI=1S/C16H17NOS/c18-16(7-6-13-4-2-1-3-5-13)17-10-8-15-14(12-17)9-11-19-15/h1-5,9,11H,6-8,10,12H2. The van der Waals surface area contributed by atoms with Gasteiger partial charge in [-0.15, -0.1) is 11.3 Å². The SMILES string of the molecule is O=C(CCc1ccccc1)N1CCc2sccc2C1. The minimum Gasteiger partial charge on any atom is -0.338 e. The third kappa shape index (κ3) is 2.87. The van der Waals surface area contributed by atoms with Crippen molar-refractivity contribution in [3.63, 3.8) is 0 Å². The highest BCUT2D eigenvalue weighted by atomic mass is 32.1. The maximum absolute atomic E-state index is 12.2. The molecular weight excluding hydrogens is 254 g/mol. The molecule has 1 aliphatic rings. The molecule has 0 bridgehead atoms. The highest BCUT2D eigenvalue weighted by Gasteiger charge is 2.20. The smallest absolute Gasteiger partial charge is 0.223 e. The van der Waals surface area contributed by atoms with Crippen molar-refractivity contribution in [2.24, 2.45) is 0 Å². The van der Waals surface area contributed by atoms with Crippen LogP contribution in [0.25, 0.3) is 0 Å². The van der Waals surface area contributed by atoms with Gasteiger partial charge in [-0.2, -0.15) is 0 Å². The van der Waals surface area contributed by atoms with Crippen LogP contribution in [0.5, 0.6) is 0 Å². The molecule has 0 spiro atoms. The van der Waals surface area contributed by atoms with E-state index in [0.29, 0.717) is 6.42 Å². The van der Waals surface area contributed by atoms with Crippen LogP contribution in [-0.4, -0.2) is 17.4 Å². The van der Waals surface area contributed by atoms with E-state index in [1.54, 1.807) is 0 Å². The first-order chi connectivity index (χ1) is 9.33. The van der Waals surface area contributed by atoms with Crippen LogP contribution in [0, 0.1) is 0 Å². The van der Waals surface area contributed by atoms with Crippen molar-refractivity contribution >= 4 is 17.2 Å². The van der Waals surface area contributed by atoms with E-state index in [0.717, 1.165) is 25.9 Å². The number of rotatable bonds is 3. The van der Waals surface area contributed by atoms with E-state index in [4.69, 9.17) is 0 Å². The zero-order chi connectivity index (χ0) is 13.1. The molecule has 2 aromatic rings. The number of carbonyl (C=O) groups is 1. The summed E-state index contributed by atoms with van der Waals surface area (Å²) in [5.74, 6) is 0.278. The van der Waals surface area contributed by atoms with E-state index < -0.39 is 0 Å². The third-order valence-electron chi connectivity index (χ3n) is 3.63. The Morgan fingerprint density at radius 2 is 2.05 bits per heavy atom. The van der Waals surface area contributed by atoms with Gasteiger partial charge in [0.2, 0.25) is 5.91 Å². The molecule has 0 unspecified atom stereocenters. The normalized spacial score (nSPS) is 14.2. The summed E-state index contributed by atoms with van der Waals surface area (Å²) in [6.45, 7) is 1.67. The molecule has 3 rings (SSSR count). The molecule has 0 fully saturated rings. The van der Waals surface area contributed by atoms with E-state index in [-0.39, 0.29) is 5.91 Å². The number of hydrogen-bond donors (Lipinski definition) is 0. The van der Waals surface area contributed by atoms with Gasteiger partial charge in [0.25, 0.3) is 0 Å². The zero-order valence-corrected chi connectivity index (χ0v) is 11.7. The Labute approximate surface area is 117 Å². The molecule has 1 aromatic heterocycles. The van der Waals surface area contributed by atoms with E-state index in [1.165, 1.54) is 16.0 Å². The quantitative estimate of drug-likeness (QED) is 0.839. The number of fused-ring (bicyclic) bond motifs is 1. The van der Waals surface area contributed by atoms with Gasteiger partial charge in [-0.3, -0.25) is 4.79 Å². The largest absolute Gasteiger partial charge is 0.338 e. The van der Waals surface area contributed by atoms with Gasteiger partial charge in [-0.1, -0.05) is 30.3 Å². The van der Waals surface area contributed by atoms with Crippen LogP contribution < -0.4 is 0 Å². The molecule has 0 saturated carbocycles. The Kier molecular flexibility index (Phi) is 3.65. The van der Waals surface area contributed by atoms with Crippen LogP contribution in [0.2, 0.25) is 0 Å². The first-order valence-electron chi connectivity index (χ1n) is 6.70. The van der Waals surface area contributed by atoms with Gasteiger partial charge in [0.05, 0.1) is 0 Å². The molecule has 0 aliphatic carbocycles. The molecule has 19 heavy (non-hydrogen) atoms. The maximum atomic E-state index is 12.2. The molecule has 1 aliphatic heterocycles. The van der Waals surface area contributed by atoms with Crippen LogP contribution in [0.3, 0.4) is 0 Å². The number of benzene rings is 1. The van der Waals surface area contributed by atoms with Crippen LogP contribution in [-0.2, 0) is 24.2 Å². The molecular formula is C16H17NOS. The van der Waals surface area contributed by atoms with Gasteiger partial charge in [0.15, 0.2) is 0 Å². The predicted octanol–water partition coefficient (Wildman–Crippen LogP) is 3.27. The summed E-state index contributed by atoms with van der Waals surface area (Å²) in [6.07, 6.45) is 2.47. The van der Waals surface area contributed by atoms with Crippen molar-refractivity contribution in [2.75, 3.05) is 6.54 Å². The predicted molar refractivity (Wildman–Crippen MR) is 78.2 cm³/mol. The lowest BCUT2D eigenvalue weighted by Gasteiger charge is -2.27. The van der Waals surface area contributed by atoms with E-state index >= 15 is 0 Å².